The number of nitrogens with zero attached hydrogens (tertiary/aromatic N) is 6. The Bertz CT molecular complexity index is 4210. The molecular weight excluding hydrogens is 1120 g/mol. The molecule has 0 aliphatic heterocycles. The number of halogens is 9. The Morgan fingerprint density at radius 2 is 0.922 bits per heavy atom. The van der Waals surface area contributed by atoms with Crippen LogP contribution in [0.1, 0.15) is 53.8 Å². The summed E-state index contributed by atoms with van der Waals surface area (Å²) < 4.78 is 193. The van der Waals surface area contributed by atoms with Gasteiger partial charge in [0, 0.05) is 27.6 Å². The second-order valence-electron chi connectivity index (χ2n) is 14.2. The van der Waals surface area contributed by atoms with Crippen molar-refractivity contribution >= 4 is 91.7 Å². The number of aromatic amines is 2. The van der Waals surface area contributed by atoms with Gasteiger partial charge in [-0.3, -0.25) is 10.2 Å². The fourth-order valence-corrected chi connectivity index (χ4v) is 8.07. The van der Waals surface area contributed by atoms with E-state index in [4.69, 9.17) is 30.8 Å². The highest BCUT2D eigenvalue weighted by Gasteiger charge is 2.51. The van der Waals surface area contributed by atoms with Crippen LogP contribution in [0, 0.1) is 49.4 Å². The van der Waals surface area contributed by atoms with Gasteiger partial charge in [0.05, 0.1) is 53.0 Å². The molecule has 0 fully saturated rings. The first-order chi connectivity index (χ1) is 35.7. The predicted octanol–water partition coefficient (Wildman–Crippen LogP) is 6.02. The lowest BCUT2D eigenvalue weighted by molar-refractivity contribution is -0.0501. The zero-order valence-electron chi connectivity index (χ0n) is 37.9. The predicted molar refractivity (Wildman–Crippen MR) is 249 cm³/mol. The van der Waals surface area contributed by atoms with E-state index in [0.717, 1.165) is 30.0 Å². The largest absolute Gasteiger partial charge is 0.534 e. The van der Waals surface area contributed by atoms with Crippen LogP contribution in [0.15, 0.2) is 72.8 Å². The van der Waals surface area contributed by atoms with Gasteiger partial charge in [-0.15, -0.1) is 44.1 Å². The quantitative estimate of drug-likeness (QED) is 0.0540. The van der Waals surface area contributed by atoms with Gasteiger partial charge in [0.25, 0.3) is 0 Å². The minimum atomic E-state index is -6.14. The zero-order valence-corrected chi connectivity index (χ0v) is 40.3. The average Bonchev–Trinajstić information content (AvgIpc) is 4.18. The van der Waals surface area contributed by atoms with Crippen molar-refractivity contribution < 1.29 is 97.9 Å². The molecular formula is C44H25F9N8O13S3. The lowest BCUT2D eigenvalue weighted by Gasteiger charge is -2.11. The highest BCUT2D eigenvalue weighted by atomic mass is 32.2. The Morgan fingerprint density at radius 1 is 0.545 bits per heavy atom. The first-order valence-electron chi connectivity index (χ1n) is 19.7. The first-order valence-corrected chi connectivity index (χ1v) is 23.9. The molecule has 0 atom stereocenters. The summed E-state index contributed by atoms with van der Waals surface area (Å²) in [6.07, 6.45) is 20.6. The molecule has 77 heavy (non-hydrogen) atoms. The third-order valence-corrected chi connectivity index (χ3v) is 13.2. The van der Waals surface area contributed by atoms with Crippen molar-refractivity contribution in [3.63, 3.8) is 0 Å². The van der Waals surface area contributed by atoms with Gasteiger partial charge in [-0.1, -0.05) is 11.8 Å². The number of ether oxygens (including phenoxy) is 2. The topological polar surface area (TPSA) is 295 Å². The normalized spacial score (nSPS) is 11.8. The van der Waals surface area contributed by atoms with Crippen LogP contribution in [-0.2, 0) is 39.6 Å². The molecule has 400 valence electrons. The number of alkyl halides is 9. The third kappa shape index (κ3) is 11.9. The number of fused-ring (bicyclic) bond motifs is 4. The van der Waals surface area contributed by atoms with Gasteiger partial charge in [-0.05, 0) is 78.6 Å². The number of terminal acetylenes is 4. The molecule has 4 aromatic heterocycles. The molecule has 21 nitrogen and oxygen atoms in total. The third-order valence-electron chi connectivity index (χ3n) is 9.56. The molecule has 8 rings (SSSR count). The van der Waals surface area contributed by atoms with Crippen LogP contribution in [0.2, 0.25) is 0 Å². The van der Waals surface area contributed by atoms with Crippen molar-refractivity contribution in [3.8, 4) is 55.1 Å². The molecule has 0 saturated heterocycles. The van der Waals surface area contributed by atoms with E-state index in [2.05, 4.69) is 56.1 Å². The maximum atomic E-state index is 12.7. The molecule has 0 aliphatic carbocycles. The fraction of sp³-hybridized carbons (Fsp3) is 0.114. The Kier molecular flexibility index (Phi) is 16.5. The number of nitrogens with one attached hydrogen (secondary N) is 2. The van der Waals surface area contributed by atoms with Crippen molar-refractivity contribution in [1.82, 2.24) is 38.8 Å². The smallest absolute Gasteiger partial charge is 0.478 e. The molecule has 4 aromatic carbocycles. The van der Waals surface area contributed by atoms with E-state index in [1.165, 1.54) is 31.4 Å². The van der Waals surface area contributed by atoms with Gasteiger partial charge >= 0.3 is 64.6 Å². The van der Waals surface area contributed by atoms with Crippen LogP contribution in [-0.4, -0.2) is 118 Å². The number of aromatic nitrogens is 8. The molecule has 33 heteroatoms. The average molecular weight is 1140 g/mol. The van der Waals surface area contributed by atoms with E-state index >= 15 is 0 Å². The lowest BCUT2D eigenvalue weighted by Crippen LogP contribution is -2.30. The number of carboxylic acid groups (broad SMARTS) is 1. The van der Waals surface area contributed by atoms with Gasteiger partial charge in [-0.2, -0.15) is 75.0 Å². The lowest BCUT2D eigenvalue weighted by atomic mass is 10.1. The standard InChI is InChI=1S/C12H7F3N2O4S.C11H4F6N2O5S2.C11H8N2O2.C10H6N2O2/c1-3-9-8-5-4-7(11(18)21-2)6-10(8)17(16-9)22(19,20)12(13,14)15;1-2-8-7-4-3-6(24-26(22,23)11(15,16)17)5-9(7)19(18-8)25(20,21)10(12,13)14;1-3-9-8-5-4-7(11(14)15-2)6-10(8)13-12-9;1-2-8-7-4-3-6(10(13)14)5-9(7)12-11-8/h1,4-6H,2H3;1,3-5H;1,4-6H,2H3,(H,12,13);1,3-5H,(H,11,12)(H,13,14). The molecule has 0 aliphatic rings. The van der Waals surface area contributed by atoms with E-state index < -0.39 is 85.2 Å². The van der Waals surface area contributed by atoms with Crippen LogP contribution in [0.5, 0.6) is 5.75 Å². The number of carboxylic acids is 1. The SMILES string of the molecule is C#Cc1[nH]nc2cc(C(=O)O)ccc12.C#Cc1[nH]nc2cc(C(=O)OC)ccc12.C#Cc1nn(S(=O)(=O)C(F)(F)F)c2cc(C(=O)OC)ccc12.C#Cc1nn(S(=O)(=O)C(F)(F)F)c2cc(OS(=O)(=O)C(F)(F)F)ccc12. The number of H-pyrrole nitrogens is 2. The molecule has 0 saturated carbocycles. The minimum absolute atomic E-state index is 0.0111. The minimum Gasteiger partial charge on any atom is -0.478 e. The van der Waals surface area contributed by atoms with E-state index in [0.29, 0.717) is 40.1 Å². The van der Waals surface area contributed by atoms with Crippen molar-refractivity contribution in [2.24, 2.45) is 0 Å². The summed E-state index contributed by atoms with van der Waals surface area (Å²) in [5.41, 5.74) is -16.5. The molecule has 0 bridgehead atoms. The van der Waals surface area contributed by atoms with E-state index in [-0.39, 0.29) is 37.6 Å². The fourth-order valence-electron chi connectivity index (χ4n) is 6.03. The molecule has 8 aromatic rings. The van der Waals surface area contributed by atoms with Crippen LogP contribution in [0.3, 0.4) is 0 Å². The zero-order chi connectivity index (χ0) is 57.8. The summed E-state index contributed by atoms with van der Waals surface area (Å²) in [7, 11) is -15.6. The van der Waals surface area contributed by atoms with Crippen molar-refractivity contribution in [3.05, 3.63) is 112 Å². The van der Waals surface area contributed by atoms with Gasteiger partial charge in [0.15, 0.2) is 0 Å². The Morgan fingerprint density at radius 3 is 1.30 bits per heavy atom. The van der Waals surface area contributed by atoms with Gasteiger partial charge in [0.2, 0.25) is 0 Å². The van der Waals surface area contributed by atoms with Gasteiger partial charge in [0.1, 0.15) is 28.5 Å². The van der Waals surface area contributed by atoms with Crippen molar-refractivity contribution in [2.75, 3.05) is 14.2 Å². The van der Waals surface area contributed by atoms with Crippen molar-refractivity contribution in [1.29, 1.82) is 0 Å². The summed E-state index contributed by atoms with van der Waals surface area (Å²) >= 11 is 0. The summed E-state index contributed by atoms with van der Waals surface area (Å²) in [6, 6.07) is 14.7. The number of benzene rings is 4. The number of aromatic carboxylic acids is 1. The second kappa shape index (κ2) is 21.7. The molecule has 0 amide bonds. The Balaban J connectivity index is 0.000000195. The van der Waals surface area contributed by atoms with Gasteiger partial charge in [-0.25, -0.2) is 14.4 Å². The highest BCUT2D eigenvalue weighted by molar-refractivity contribution is 7.91. The van der Waals surface area contributed by atoms with Crippen LogP contribution in [0.25, 0.3) is 43.6 Å². The van der Waals surface area contributed by atoms with Crippen molar-refractivity contribution in [2.45, 2.75) is 16.5 Å². The van der Waals surface area contributed by atoms with Crippen LogP contribution in [0.4, 0.5) is 39.5 Å². The summed E-state index contributed by atoms with van der Waals surface area (Å²) in [4.78, 5) is 33.3. The van der Waals surface area contributed by atoms with Gasteiger partial charge < -0.3 is 18.8 Å². The monoisotopic (exact) mass is 1140 g/mol. The second-order valence-corrected chi connectivity index (χ2v) is 19.3. The summed E-state index contributed by atoms with van der Waals surface area (Å²) in [5.74, 6) is 5.40. The molecule has 0 radical (unpaired) electrons. The molecule has 4 heterocycles. The number of carbonyl (C=O) groups is 3. The number of rotatable bonds is 7. The molecule has 3 N–H and O–H groups in total. The summed E-state index contributed by atoms with van der Waals surface area (Å²) in [6.45, 7) is 0. The first kappa shape index (κ1) is 58.3. The van der Waals surface area contributed by atoms with Crippen LogP contribution >= 0.6 is 0 Å². The van der Waals surface area contributed by atoms with Crippen LogP contribution < -0.4 is 4.18 Å². The number of hydrogen-bond acceptors (Lipinski definition) is 16. The van der Waals surface area contributed by atoms with E-state index in [1.54, 1.807) is 30.2 Å². The maximum absolute atomic E-state index is 12.7. The summed E-state index contributed by atoms with van der Waals surface area (Å²) in [5, 5.41) is 29.6. The molecule has 0 spiro atoms. The molecule has 0 unspecified atom stereocenters. The highest BCUT2D eigenvalue weighted by Crippen LogP contribution is 2.34. The Labute approximate surface area is 425 Å². The number of methoxy groups -OCH3 is 2. The maximum Gasteiger partial charge on any atom is 0.534 e. The number of esters is 2. The number of carbonyl (C=O) groups excluding carboxylic acids is 2. The van der Waals surface area contributed by atoms with E-state index in [1.807, 2.05) is 5.92 Å². The Hall–Kier alpha value is -9.57. The number of hydrogen-bond donors (Lipinski definition) is 3. The van der Waals surface area contributed by atoms with E-state index in [9.17, 15) is 79.2 Å².